The van der Waals surface area contributed by atoms with Crippen LogP contribution in [-0.4, -0.2) is 25.1 Å². The fourth-order valence-electron chi connectivity index (χ4n) is 1.80. The second-order valence-corrected chi connectivity index (χ2v) is 4.34. The lowest BCUT2D eigenvalue weighted by Gasteiger charge is -2.13. The van der Waals surface area contributed by atoms with Crippen molar-refractivity contribution in [2.24, 2.45) is 5.73 Å². The summed E-state index contributed by atoms with van der Waals surface area (Å²) in [6.45, 7) is 0. The summed E-state index contributed by atoms with van der Waals surface area (Å²) in [6, 6.07) is 5.90. The SMILES string of the molecule is COc1cc(Nc2nc(N)c(F)cc2C(N)=O)cc(OC)c1. The normalized spacial score (nSPS) is 10.1. The van der Waals surface area contributed by atoms with Crippen molar-refractivity contribution in [2.75, 3.05) is 25.3 Å². The molecular weight excluding hydrogens is 291 g/mol. The first kappa shape index (κ1) is 15.4. The van der Waals surface area contributed by atoms with Gasteiger partial charge in [-0.1, -0.05) is 0 Å². The van der Waals surface area contributed by atoms with Crippen molar-refractivity contribution in [3.8, 4) is 11.5 Å². The minimum absolute atomic E-state index is 0.0432. The molecule has 8 heteroatoms. The van der Waals surface area contributed by atoms with Gasteiger partial charge in [-0.3, -0.25) is 4.79 Å². The Labute approximate surface area is 126 Å². The number of rotatable bonds is 5. The van der Waals surface area contributed by atoms with E-state index in [1.165, 1.54) is 14.2 Å². The van der Waals surface area contributed by atoms with Crippen LogP contribution in [0.1, 0.15) is 10.4 Å². The molecule has 2 rings (SSSR count). The number of hydrogen-bond donors (Lipinski definition) is 3. The highest BCUT2D eigenvalue weighted by atomic mass is 19.1. The van der Waals surface area contributed by atoms with E-state index in [2.05, 4.69) is 10.3 Å². The van der Waals surface area contributed by atoms with Gasteiger partial charge in [0.15, 0.2) is 11.6 Å². The van der Waals surface area contributed by atoms with Gasteiger partial charge in [0.25, 0.3) is 5.91 Å². The van der Waals surface area contributed by atoms with Gasteiger partial charge in [0.1, 0.15) is 17.3 Å². The minimum Gasteiger partial charge on any atom is -0.497 e. The number of carbonyl (C=O) groups is 1. The fourth-order valence-corrected chi connectivity index (χ4v) is 1.80. The highest BCUT2D eigenvalue weighted by Gasteiger charge is 2.15. The monoisotopic (exact) mass is 306 g/mol. The first-order valence-corrected chi connectivity index (χ1v) is 6.20. The zero-order chi connectivity index (χ0) is 16.3. The lowest BCUT2D eigenvalue weighted by Crippen LogP contribution is -2.16. The third-order valence-corrected chi connectivity index (χ3v) is 2.88. The molecule has 0 atom stereocenters. The molecule has 0 aliphatic rings. The molecule has 0 spiro atoms. The summed E-state index contributed by atoms with van der Waals surface area (Å²) in [5.41, 5.74) is 11.0. The number of benzene rings is 1. The Morgan fingerprint density at radius 2 is 1.77 bits per heavy atom. The molecule has 0 radical (unpaired) electrons. The van der Waals surface area contributed by atoms with E-state index in [0.29, 0.717) is 17.2 Å². The van der Waals surface area contributed by atoms with Gasteiger partial charge >= 0.3 is 0 Å². The zero-order valence-electron chi connectivity index (χ0n) is 12.0. The third kappa shape index (κ3) is 3.17. The number of nitrogens with one attached hydrogen (secondary N) is 1. The van der Waals surface area contributed by atoms with E-state index in [4.69, 9.17) is 20.9 Å². The van der Waals surface area contributed by atoms with Crippen LogP contribution < -0.4 is 26.3 Å². The van der Waals surface area contributed by atoms with E-state index in [9.17, 15) is 9.18 Å². The van der Waals surface area contributed by atoms with E-state index in [1.54, 1.807) is 18.2 Å². The molecular formula is C14H15FN4O3. The Morgan fingerprint density at radius 3 is 2.27 bits per heavy atom. The molecule has 0 saturated heterocycles. The van der Waals surface area contributed by atoms with Crippen LogP contribution in [0.15, 0.2) is 24.3 Å². The molecule has 22 heavy (non-hydrogen) atoms. The van der Waals surface area contributed by atoms with Gasteiger partial charge in [-0.15, -0.1) is 0 Å². The lowest BCUT2D eigenvalue weighted by atomic mass is 10.2. The van der Waals surface area contributed by atoms with Gasteiger partial charge in [-0.25, -0.2) is 9.37 Å². The average Bonchev–Trinajstić information content (AvgIpc) is 2.49. The van der Waals surface area contributed by atoms with Crippen LogP contribution in [0.5, 0.6) is 11.5 Å². The molecule has 1 aromatic heterocycles. The average molecular weight is 306 g/mol. The van der Waals surface area contributed by atoms with Gasteiger partial charge < -0.3 is 26.3 Å². The van der Waals surface area contributed by atoms with Crippen LogP contribution in [-0.2, 0) is 0 Å². The molecule has 0 fully saturated rings. The number of pyridine rings is 1. The van der Waals surface area contributed by atoms with Crippen LogP contribution in [0.3, 0.4) is 0 Å². The topological polar surface area (TPSA) is 112 Å². The van der Waals surface area contributed by atoms with Crippen molar-refractivity contribution in [1.29, 1.82) is 0 Å². The summed E-state index contributed by atoms with van der Waals surface area (Å²) < 4.78 is 23.7. The van der Waals surface area contributed by atoms with Gasteiger partial charge in [-0.05, 0) is 6.07 Å². The number of nitrogen functional groups attached to an aromatic ring is 1. The number of amides is 1. The molecule has 5 N–H and O–H groups in total. The number of methoxy groups -OCH3 is 2. The molecule has 0 bridgehead atoms. The maximum Gasteiger partial charge on any atom is 0.252 e. The van der Waals surface area contributed by atoms with Gasteiger partial charge in [-0.2, -0.15) is 0 Å². The van der Waals surface area contributed by atoms with Crippen LogP contribution in [0.25, 0.3) is 0 Å². The van der Waals surface area contributed by atoms with Gasteiger partial charge in [0.05, 0.1) is 19.8 Å². The quantitative estimate of drug-likeness (QED) is 0.774. The number of aromatic nitrogens is 1. The van der Waals surface area contributed by atoms with Crippen LogP contribution in [0, 0.1) is 5.82 Å². The van der Waals surface area contributed by atoms with E-state index in [1.807, 2.05) is 0 Å². The molecule has 0 aliphatic carbocycles. The van der Waals surface area contributed by atoms with Crippen molar-refractivity contribution in [3.05, 3.63) is 35.6 Å². The Morgan fingerprint density at radius 1 is 1.18 bits per heavy atom. The number of nitrogens with two attached hydrogens (primary N) is 2. The lowest BCUT2D eigenvalue weighted by molar-refractivity contribution is 0.100. The number of anilines is 3. The Hall–Kier alpha value is -3.03. The zero-order valence-corrected chi connectivity index (χ0v) is 12.0. The van der Waals surface area contributed by atoms with Crippen molar-refractivity contribution >= 4 is 23.2 Å². The number of primary amides is 1. The predicted molar refractivity (Wildman–Crippen MR) is 80.0 cm³/mol. The minimum atomic E-state index is -0.830. The van der Waals surface area contributed by atoms with E-state index >= 15 is 0 Å². The highest BCUT2D eigenvalue weighted by molar-refractivity contribution is 5.98. The fraction of sp³-hybridized carbons (Fsp3) is 0.143. The molecule has 0 unspecified atom stereocenters. The smallest absolute Gasteiger partial charge is 0.252 e. The van der Waals surface area contributed by atoms with Crippen molar-refractivity contribution in [3.63, 3.8) is 0 Å². The second kappa shape index (κ2) is 6.17. The summed E-state index contributed by atoms with van der Waals surface area (Å²) in [7, 11) is 3.00. The van der Waals surface area contributed by atoms with Crippen LogP contribution in [0.4, 0.5) is 21.7 Å². The maximum absolute atomic E-state index is 13.4. The number of hydrogen-bond acceptors (Lipinski definition) is 6. The summed E-state index contributed by atoms with van der Waals surface area (Å²) in [4.78, 5) is 15.2. The maximum atomic E-state index is 13.4. The third-order valence-electron chi connectivity index (χ3n) is 2.88. The van der Waals surface area contributed by atoms with Crippen molar-refractivity contribution < 1.29 is 18.7 Å². The summed E-state index contributed by atoms with van der Waals surface area (Å²) >= 11 is 0. The summed E-state index contributed by atoms with van der Waals surface area (Å²) in [6.07, 6.45) is 0. The van der Waals surface area contributed by atoms with Gasteiger partial charge in [0.2, 0.25) is 0 Å². The molecule has 7 nitrogen and oxygen atoms in total. The van der Waals surface area contributed by atoms with Crippen molar-refractivity contribution in [2.45, 2.75) is 0 Å². The number of nitrogens with zero attached hydrogens (tertiary/aromatic N) is 1. The van der Waals surface area contributed by atoms with Crippen LogP contribution in [0.2, 0.25) is 0 Å². The molecule has 0 aliphatic heterocycles. The Bertz CT molecular complexity index is 699. The number of carbonyl (C=O) groups excluding carboxylic acids is 1. The summed E-state index contributed by atoms with van der Waals surface area (Å²) in [5, 5.41) is 2.85. The predicted octanol–water partition coefficient (Wildman–Crippen LogP) is 1.66. The first-order chi connectivity index (χ1) is 10.4. The number of ether oxygens (including phenoxy) is 2. The van der Waals surface area contributed by atoms with E-state index in [-0.39, 0.29) is 17.2 Å². The Balaban J connectivity index is 2.46. The molecule has 116 valence electrons. The Kier molecular flexibility index (Phi) is 4.31. The highest BCUT2D eigenvalue weighted by Crippen LogP contribution is 2.29. The second-order valence-electron chi connectivity index (χ2n) is 4.34. The molecule has 0 saturated carbocycles. The number of halogens is 1. The van der Waals surface area contributed by atoms with Crippen molar-refractivity contribution in [1.82, 2.24) is 4.98 Å². The van der Waals surface area contributed by atoms with Gasteiger partial charge in [0, 0.05) is 23.9 Å². The molecule has 1 heterocycles. The van der Waals surface area contributed by atoms with Crippen LogP contribution >= 0.6 is 0 Å². The van der Waals surface area contributed by atoms with E-state index in [0.717, 1.165) is 6.07 Å². The summed E-state index contributed by atoms with van der Waals surface area (Å²) in [5.74, 6) is -0.898. The van der Waals surface area contributed by atoms with E-state index < -0.39 is 11.7 Å². The largest absolute Gasteiger partial charge is 0.497 e. The molecule has 2 aromatic rings. The standard InChI is InChI=1S/C14H15FN4O3/c1-21-8-3-7(4-9(5-8)22-2)18-14-10(13(17)20)6-11(15)12(16)19-14/h3-6H,1-2H3,(H2,17,20)(H3,16,18,19). The molecule has 1 amide bonds. The molecule has 1 aromatic carbocycles. The first-order valence-electron chi connectivity index (χ1n) is 6.20.